The van der Waals surface area contributed by atoms with Crippen molar-refractivity contribution in [2.45, 2.75) is 6.92 Å². The number of barbiturate groups is 1. The van der Waals surface area contributed by atoms with Crippen LogP contribution in [0.4, 0.5) is 10.5 Å². The van der Waals surface area contributed by atoms with Crippen molar-refractivity contribution in [3.05, 3.63) is 64.1 Å². The summed E-state index contributed by atoms with van der Waals surface area (Å²) in [5.41, 5.74) is 0.912. The van der Waals surface area contributed by atoms with E-state index in [2.05, 4.69) is 21.2 Å². The number of halogens is 1. The molecule has 0 bridgehead atoms. The van der Waals surface area contributed by atoms with Gasteiger partial charge in [0.1, 0.15) is 11.3 Å². The Labute approximate surface area is 158 Å². The molecule has 0 spiro atoms. The zero-order chi connectivity index (χ0) is 18.7. The van der Waals surface area contributed by atoms with Gasteiger partial charge in [0.05, 0.1) is 12.3 Å². The van der Waals surface area contributed by atoms with Crippen molar-refractivity contribution in [2.24, 2.45) is 0 Å². The summed E-state index contributed by atoms with van der Waals surface area (Å²) in [6, 6.07) is 12.9. The molecule has 0 saturated carbocycles. The third-order valence-electron chi connectivity index (χ3n) is 3.69. The molecule has 1 heterocycles. The number of anilines is 1. The molecule has 0 unspecified atom stereocenters. The average Bonchev–Trinajstić information content (AvgIpc) is 2.62. The van der Waals surface area contributed by atoms with Gasteiger partial charge in [-0.05, 0) is 55.0 Å². The summed E-state index contributed by atoms with van der Waals surface area (Å²) in [4.78, 5) is 38.0. The fraction of sp³-hybridized carbons (Fsp3) is 0.105. The van der Waals surface area contributed by atoms with E-state index in [0.717, 1.165) is 9.37 Å². The van der Waals surface area contributed by atoms with Crippen LogP contribution in [0.25, 0.3) is 6.08 Å². The van der Waals surface area contributed by atoms with Gasteiger partial charge < -0.3 is 4.74 Å². The third-order valence-corrected chi connectivity index (χ3v) is 4.22. The van der Waals surface area contributed by atoms with Gasteiger partial charge in [-0.3, -0.25) is 14.9 Å². The molecule has 4 amide bonds. The number of urea groups is 1. The molecule has 7 heteroatoms. The third kappa shape index (κ3) is 3.67. The van der Waals surface area contributed by atoms with Crippen LogP contribution >= 0.6 is 15.9 Å². The summed E-state index contributed by atoms with van der Waals surface area (Å²) in [7, 11) is 0. The monoisotopic (exact) mass is 414 g/mol. The molecular weight excluding hydrogens is 400 g/mol. The first kappa shape index (κ1) is 17.9. The molecule has 1 aliphatic rings. The van der Waals surface area contributed by atoms with Gasteiger partial charge in [0, 0.05) is 4.47 Å². The number of nitrogens with zero attached hydrogens (tertiary/aromatic N) is 1. The summed E-state index contributed by atoms with van der Waals surface area (Å²) in [6.07, 6.45) is 1.45. The lowest BCUT2D eigenvalue weighted by atomic mass is 10.1. The molecule has 2 aromatic carbocycles. The van der Waals surface area contributed by atoms with Gasteiger partial charge in [0.25, 0.3) is 11.8 Å². The van der Waals surface area contributed by atoms with Crippen molar-refractivity contribution in [3.8, 4) is 5.75 Å². The van der Waals surface area contributed by atoms with Gasteiger partial charge in [0.2, 0.25) is 0 Å². The minimum absolute atomic E-state index is 0.114. The Balaban J connectivity index is 1.93. The molecule has 1 fully saturated rings. The van der Waals surface area contributed by atoms with Crippen molar-refractivity contribution in [2.75, 3.05) is 11.5 Å². The Bertz CT molecular complexity index is 889. The first-order valence-corrected chi connectivity index (χ1v) is 8.69. The number of nitrogens with one attached hydrogen (secondary N) is 1. The van der Waals surface area contributed by atoms with E-state index in [9.17, 15) is 14.4 Å². The van der Waals surface area contributed by atoms with Crippen molar-refractivity contribution < 1.29 is 19.1 Å². The number of ether oxygens (including phenoxy) is 1. The number of rotatable bonds is 4. The molecule has 26 heavy (non-hydrogen) atoms. The molecule has 1 N–H and O–H groups in total. The van der Waals surface area contributed by atoms with E-state index in [4.69, 9.17) is 4.74 Å². The van der Waals surface area contributed by atoms with Crippen LogP contribution in [0, 0.1) is 0 Å². The lowest BCUT2D eigenvalue weighted by molar-refractivity contribution is -0.122. The second-order valence-electron chi connectivity index (χ2n) is 5.44. The Morgan fingerprint density at radius 2 is 1.69 bits per heavy atom. The Kier molecular flexibility index (Phi) is 5.18. The number of amides is 4. The van der Waals surface area contributed by atoms with Gasteiger partial charge in [-0.1, -0.05) is 28.1 Å². The molecule has 3 rings (SSSR count). The molecule has 1 saturated heterocycles. The number of hydrogen-bond donors (Lipinski definition) is 1. The van der Waals surface area contributed by atoms with Gasteiger partial charge in [-0.25, -0.2) is 9.69 Å². The van der Waals surface area contributed by atoms with Crippen LogP contribution < -0.4 is 15.0 Å². The zero-order valence-corrected chi connectivity index (χ0v) is 15.4. The maximum Gasteiger partial charge on any atom is 0.335 e. The van der Waals surface area contributed by atoms with E-state index < -0.39 is 17.8 Å². The van der Waals surface area contributed by atoms with Crippen LogP contribution in [0.2, 0.25) is 0 Å². The van der Waals surface area contributed by atoms with E-state index in [1.165, 1.54) is 6.08 Å². The lowest BCUT2D eigenvalue weighted by Gasteiger charge is -2.26. The zero-order valence-electron chi connectivity index (χ0n) is 13.9. The van der Waals surface area contributed by atoms with Crippen LogP contribution in [0.15, 0.2) is 58.6 Å². The highest BCUT2D eigenvalue weighted by Gasteiger charge is 2.36. The van der Waals surface area contributed by atoms with Crippen molar-refractivity contribution in [3.63, 3.8) is 0 Å². The summed E-state index contributed by atoms with van der Waals surface area (Å²) in [5.74, 6) is -0.696. The van der Waals surface area contributed by atoms with Crippen molar-refractivity contribution >= 4 is 45.5 Å². The van der Waals surface area contributed by atoms with Crippen LogP contribution in [-0.2, 0) is 9.59 Å². The van der Waals surface area contributed by atoms with E-state index in [0.29, 0.717) is 23.6 Å². The summed E-state index contributed by atoms with van der Waals surface area (Å²) in [6.45, 7) is 2.43. The maximum atomic E-state index is 12.7. The summed E-state index contributed by atoms with van der Waals surface area (Å²) in [5, 5.41) is 2.20. The molecule has 132 valence electrons. The summed E-state index contributed by atoms with van der Waals surface area (Å²) >= 11 is 3.30. The number of hydrogen-bond acceptors (Lipinski definition) is 4. The largest absolute Gasteiger partial charge is 0.494 e. The van der Waals surface area contributed by atoms with Crippen LogP contribution in [0.5, 0.6) is 5.75 Å². The smallest absolute Gasteiger partial charge is 0.335 e. The highest BCUT2D eigenvalue weighted by Crippen LogP contribution is 2.24. The second kappa shape index (κ2) is 7.53. The minimum Gasteiger partial charge on any atom is -0.494 e. The van der Waals surface area contributed by atoms with Gasteiger partial charge in [-0.15, -0.1) is 0 Å². The lowest BCUT2D eigenvalue weighted by Crippen LogP contribution is -2.54. The maximum absolute atomic E-state index is 12.7. The normalized spacial score (nSPS) is 16.0. The Morgan fingerprint density at radius 1 is 1.04 bits per heavy atom. The van der Waals surface area contributed by atoms with Gasteiger partial charge in [0.15, 0.2) is 0 Å². The van der Waals surface area contributed by atoms with Gasteiger partial charge in [-0.2, -0.15) is 0 Å². The fourth-order valence-corrected chi connectivity index (χ4v) is 2.74. The highest BCUT2D eigenvalue weighted by molar-refractivity contribution is 9.10. The Hall–Kier alpha value is -2.93. The van der Waals surface area contributed by atoms with E-state index in [-0.39, 0.29) is 5.57 Å². The van der Waals surface area contributed by atoms with E-state index in [1.807, 2.05) is 6.92 Å². The molecule has 1 aliphatic heterocycles. The number of carbonyl (C=O) groups excluding carboxylic acids is 3. The van der Waals surface area contributed by atoms with Gasteiger partial charge >= 0.3 is 6.03 Å². The molecule has 6 nitrogen and oxygen atoms in total. The first-order chi connectivity index (χ1) is 12.5. The molecule has 0 radical (unpaired) electrons. The van der Waals surface area contributed by atoms with E-state index >= 15 is 0 Å². The quantitative estimate of drug-likeness (QED) is 0.613. The summed E-state index contributed by atoms with van der Waals surface area (Å²) < 4.78 is 6.18. The topological polar surface area (TPSA) is 75.7 Å². The predicted octanol–water partition coefficient (Wildman–Crippen LogP) is 3.51. The minimum atomic E-state index is -0.772. The first-order valence-electron chi connectivity index (χ1n) is 7.89. The van der Waals surface area contributed by atoms with Crippen LogP contribution in [0.3, 0.4) is 0 Å². The molecule has 0 aliphatic carbocycles. The Morgan fingerprint density at radius 3 is 2.31 bits per heavy atom. The number of carbonyl (C=O) groups is 3. The van der Waals surface area contributed by atoms with Crippen LogP contribution in [-0.4, -0.2) is 24.5 Å². The molecular formula is C19H15BrN2O4. The molecule has 0 atom stereocenters. The second-order valence-corrected chi connectivity index (χ2v) is 6.35. The predicted molar refractivity (Wildman–Crippen MR) is 101 cm³/mol. The molecule has 0 aromatic heterocycles. The fourth-order valence-electron chi connectivity index (χ4n) is 2.48. The van der Waals surface area contributed by atoms with Crippen molar-refractivity contribution in [1.29, 1.82) is 0 Å². The average molecular weight is 415 g/mol. The number of imide groups is 2. The van der Waals surface area contributed by atoms with Crippen molar-refractivity contribution in [1.82, 2.24) is 5.32 Å². The van der Waals surface area contributed by atoms with Crippen LogP contribution in [0.1, 0.15) is 12.5 Å². The highest BCUT2D eigenvalue weighted by atomic mass is 79.9. The standard InChI is InChI=1S/C19H15BrN2O4/c1-2-26-15-9-3-12(4-10-15)11-16-17(23)21-19(25)22(18(16)24)14-7-5-13(20)6-8-14/h3-11H,2H2,1H3,(H,21,23,25). The SMILES string of the molecule is CCOc1ccc(C=C2C(=O)NC(=O)N(c3ccc(Br)cc3)C2=O)cc1. The number of benzene rings is 2. The van der Waals surface area contributed by atoms with E-state index in [1.54, 1.807) is 48.5 Å². The molecule has 2 aromatic rings.